The Balaban J connectivity index is 1.09. The van der Waals surface area contributed by atoms with Crippen LogP contribution in [0.1, 0.15) is 0 Å². The van der Waals surface area contributed by atoms with Gasteiger partial charge in [0.05, 0.1) is 21.4 Å². The first-order valence-corrected chi connectivity index (χ1v) is 19.5. The summed E-state index contributed by atoms with van der Waals surface area (Å²) < 4.78 is 3.59. The molecule has 11 rings (SSSR count). The van der Waals surface area contributed by atoms with Crippen molar-refractivity contribution < 1.29 is 0 Å². The highest BCUT2D eigenvalue weighted by molar-refractivity contribution is 7.26. The summed E-state index contributed by atoms with van der Waals surface area (Å²) in [5.41, 5.74) is 10.4. The molecule has 56 heavy (non-hydrogen) atoms. The predicted molar refractivity (Wildman–Crippen MR) is 232 cm³/mol. The SMILES string of the molecule is c1ccc(-c2nc(-c3ccccc3)nc(-c3ccc(-c4ccccc4-c4nc5ccccc5c5c4sc4c5c5ccccc5n4-c4ccccc4)cc3)n2)cc1. The Kier molecular flexibility index (Phi) is 7.60. The molecule has 0 N–H and O–H groups in total. The number of rotatable bonds is 6. The summed E-state index contributed by atoms with van der Waals surface area (Å²) in [5.74, 6) is 1.92. The smallest absolute Gasteiger partial charge is 0.164 e. The van der Waals surface area contributed by atoms with Crippen LogP contribution in [0.25, 0.3) is 104 Å². The monoisotopic (exact) mass is 733 g/mol. The molecule has 0 amide bonds. The first-order valence-electron chi connectivity index (χ1n) is 18.7. The first kappa shape index (κ1) is 32.2. The van der Waals surface area contributed by atoms with E-state index in [-0.39, 0.29) is 0 Å². The van der Waals surface area contributed by atoms with Crippen molar-refractivity contribution in [2.75, 3.05) is 0 Å². The van der Waals surface area contributed by atoms with Crippen LogP contribution in [0, 0.1) is 0 Å². The zero-order valence-corrected chi connectivity index (χ0v) is 30.9. The Labute approximate surface area is 326 Å². The van der Waals surface area contributed by atoms with Crippen LogP contribution in [0.4, 0.5) is 0 Å². The molecule has 0 atom stereocenters. The second-order valence-corrected chi connectivity index (χ2v) is 14.8. The van der Waals surface area contributed by atoms with E-state index in [1.807, 2.05) is 72.0 Å². The van der Waals surface area contributed by atoms with Gasteiger partial charge in [-0.3, -0.25) is 0 Å². The predicted octanol–water partition coefficient (Wildman–Crippen LogP) is 13.1. The van der Waals surface area contributed by atoms with Gasteiger partial charge in [-0.25, -0.2) is 19.9 Å². The molecule has 6 heteroatoms. The summed E-state index contributed by atoms with van der Waals surface area (Å²) in [6.07, 6.45) is 0. The molecule has 0 fully saturated rings. The molecular weight excluding hydrogens is 703 g/mol. The minimum absolute atomic E-state index is 0.631. The second kappa shape index (κ2) is 13.2. The molecule has 0 aliphatic carbocycles. The van der Waals surface area contributed by atoms with Gasteiger partial charge in [0.1, 0.15) is 4.83 Å². The van der Waals surface area contributed by atoms with E-state index in [4.69, 9.17) is 19.9 Å². The van der Waals surface area contributed by atoms with E-state index in [0.717, 1.165) is 55.7 Å². The van der Waals surface area contributed by atoms with Gasteiger partial charge in [0.25, 0.3) is 0 Å². The van der Waals surface area contributed by atoms with Crippen LogP contribution >= 0.6 is 11.3 Å². The zero-order chi connectivity index (χ0) is 37.0. The highest BCUT2D eigenvalue weighted by atomic mass is 32.1. The molecule has 0 bridgehead atoms. The molecule has 0 radical (unpaired) electrons. The molecule has 4 aromatic heterocycles. The quantitative estimate of drug-likeness (QED) is 0.171. The van der Waals surface area contributed by atoms with Gasteiger partial charge in [-0.05, 0) is 35.4 Å². The molecule has 11 aromatic rings. The van der Waals surface area contributed by atoms with Gasteiger partial charge >= 0.3 is 0 Å². The summed E-state index contributed by atoms with van der Waals surface area (Å²) in [7, 11) is 0. The average Bonchev–Trinajstić information content (AvgIpc) is 3.82. The van der Waals surface area contributed by atoms with Crippen molar-refractivity contribution >= 4 is 53.4 Å². The lowest BCUT2D eigenvalue weighted by Crippen LogP contribution is -2.00. The molecule has 5 nitrogen and oxygen atoms in total. The maximum Gasteiger partial charge on any atom is 0.164 e. The molecular formula is C50H31N5S. The van der Waals surface area contributed by atoms with E-state index in [9.17, 15) is 0 Å². The van der Waals surface area contributed by atoms with E-state index in [1.54, 1.807) is 0 Å². The maximum atomic E-state index is 5.43. The number of para-hydroxylation sites is 3. The summed E-state index contributed by atoms with van der Waals surface area (Å²) in [4.78, 5) is 21.5. The van der Waals surface area contributed by atoms with Crippen molar-refractivity contribution in [1.29, 1.82) is 0 Å². The number of nitrogens with zero attached hydrogens (tertiary/aromatic N) is 5. The number of hydrogen-bond acceptors (Lipinski definition) is 5. The van der Waals surface area contributed by atoms with Crippen molar-refractivity contribution in [3.63, 3.8) is 0 Å². The molecule has 0 aliphatic heterocycles. The van der Waals surface area contributed by atoms with Crippen LogP contribution in [0.15, 0.2) is 188 Å². The van der Waals surface area contributed by atoms with Crippen LogP contribution in [0.5, 0.6) is 0 Å². The maximum absolute atomic E-state index is 5.43. The van der Waals surface area contributed by atoms with Crippen molar-refractivity contribution in [3.8, 4) is 62.2 Å². The Morgan fingerprint density at radius 3 is 1.54 bits per heavy atom. The standard InChI is InChI=1S/C50H31N5S/c1-4-16-33(17-5-1)47-52-48(34-18-6-2-7-19-34)54-49(53-47)35-30-28-32(29-31-35)37-22-10-11-23-38(37)45-46-43(39-24-12-14-26-41(39)51-45)44-40-25-13-15-27-42(40)55(50(44)56-46)36-20-8-3-9-21-36/h1-31H. The number of pyridine rings is 1. The number of hydrogen-bond donors (Lipinski definition) is 0. The second-order valence-electron chi connectivity index (χ2n) is 13.8. The lowest BCUT2D eigenvalue weighted by Gasteiger charge is -2.13. The fraction of sp³-hybridized carbons (Fsp3) is 0. The van der Waals surface area contributed by atoms with Gasteiger partial charge < -0.3 is 4.57 Å². The van der Waals surface area contributed by atoms with E-state index >= 15 is 0 Å². The number of benzene rings is 7. The molecule has 0 saturated carbocycles. The Morgan fingerprint density at radius 2 is 0.875 bits per heavy atom. The molecule has 0 spiro atoms. The van der Waals surface area contributed by atoms with Crippen LogP contribution in [0.3, 0.4) is 0 Å². The number of aromatic nitrogens is 5. The summed E-state index contributed by atoms with van der Waals surface area (Å²) in [6, 6.07) is 65.3. The summed E-state index contributed by atoms with van der Waals surface area (Å²) in [5, 5.41) is 4.93. The third-order valence-corrected chi connectivity index (χ3v) is 11.7. The van der Waals surface area contributed by atoms with Gasteiger partial charge in [-0.2, -0.15) is 0 Å². The van der Waals surface area contributed by atoms with Crippen LogP contribution < -0.4 is 0 Å². The fourth-order valence-electron chi connectivity index (χ4n) is 7.89. The van der Waals surface area contributed by atoms with Crippen molar-refractivity contribution in [1.82, 2.24) is 24.5 Å². The average molecular weight is 734 g/mol. The minimum Gasteiger partial charge on any atom is -0.301 e. The Hall–Kier alpha value is -7.28. The van der Waals surface area contributed by atoms with Crippen LogP contribution in [0.2, 0.25) is 0 Å². The summed E-state index contributed by atoms with van der Waals surface area (Å²) in [6.45, 7) is 0. The highest BCUT2D eigenvalue weighted by Gasteiger charge is 2.23. The van der Waals surface area contributed by atoms with Crippen LogP contribution in [-0.2, 0) is 0 Å². The Morgan fingerprint density at radius 1 is 0.375 bits per heavy atom. The van der Waals surface area contributed by atoms with Crippen molar-refractivity contribution in [2.24, 2.45) is 0 Å². The number of thiophene rings is 1. The zero-order valence-electron chi connectivity index (χ0n) is 30.0. The lowest BCUT2D eigenvalue weighted by atomic mass is 9.95. The Bertz CT molecular complexity index is 3170. The third kappa shape index (κ3) is 5.30. The van der Waals surface area contributed by atoms with E-state index < -0.39 is 0 Å². The normalized spacial score (nSPS) is 11.6. The third-order valence-electron chi connectivity index (χ3n) is 10.5. The highest BCUT2D eigenvalue weighted by Crippen LogP contribution is 2.48. The molecule has 0 saturated heterocycles. The largest absolute Gasteiger partial charge is 0.301 e. The molecule has 262 valence electrons. The lowest BCUT2D eigenvalue weighted by molar-refractivity contribution is 1.07. The molecule has 0 unspecified atom stereocenters. The summed E-state index contributed by atoms with van der Waals surface area (Å²) >= 11 is 1.83. The van der Waals surface area contributed by atoms with Crippen molar-refractivity contribution in [2.45, 2.75) is 0 Å². The molecule has 4 heterocycles. The van der Waals surface area contributed by atoms with Crippen LogP contribution in [-0.4, -0.2) is 24.5 Å². The van der Waals surface area contributed by atoms with E-state index in [1.165, 1.54) is 31.2 Å². The van der Waals surface area contributed by atoms with E-state index in [2.05, 4.69) is 132 Å². The topological polar surface area (TPSA) is 56.5 Å². The fourth-order valence-corrected chi connectivity index (χ4v) is 9.26. The number of fused-ring (bicyclic) bond motifs is 7. The van der Waals surface area contributed by atoms with Gasteiger partial charge in [-0.15, -0.1) is 11.3 Å². The first-order chi connectivity index (χ1) is 27.8. The van der Waals surface area contributed by atoms with Gasteiger partial charge in [0, 0.05) is 49.5 Å². The molecule has 0 aliphatic rings. The van der Waals surface area contributed by atoms with Gasteiger partial charge in [-0.1, -0.05) is 164 Å². The van der Waals surface area contributed by atoms with Gasteiger partial charge in [0.2, 0.25) is 0 Å². The minimum atomic E-state index is 0.631. The van der Waals surface area contributed by atoms with Crippen molar-refractivity contribution in [3.05, 3.63) is 188 Å². The molecule has 7 aromatic carbocycles. The van der Waals surface area contributed by atoms with E-state index in [0.29, 0.717) is 17.5 Å². The van der Waals surface area contributed by atoms with Gasteiger partial charge in [0.15, 0.2) is 17.5 Å².